The Labute approximate surface area is 114 Å². The molecule has 0 aliphatic carbocycles. The van der Waals surface area contributed by atoms with E-state index < -0.39 is 0 Å². The van der Waals surface area contributed by atoms with E-state index in [0.29, 0.717) is 6.42 Å². The predicted octanol–water partition coefficient (Wildman–Crippen LogP) is 1.96. The van der Waals surface area contributed by atoms with Crippen LogP contribution in [-0.2, 0) is 4.79 Å². The van der Waals surface area contributed by atoms with E-state index in [2.05, 4.69) is 5.32 Å². The van der Waals surface area contributed by atoms with Gasteiger partial charge in [-0.2, -0.15) is 0 Å². The first kappa shape index (κ1) is 15.5. The van der Waals surface area contributed by atoms with E-state index in [-0.39, 0.29) is 25.2 Å². The molecule has 1 aromatic rings. The molecule has 2 N–H and O–H groups in total. The number of carbonyl (C=O) groups is 1. The highest BCUT2D eigenvalue weighted by Gasteiger charge is 2.08. The maximum Gasteiger partial charge on any atom is 0.258 e. The molecule has 1 rings (SSSR count). The van der Waals surface area contributed by atoms with Gasteiger partial charge in [-0.25, -0.2) is 0 Å². The Balaban J connectivity index is 2.39. The maximum absolute atomic E-state index is 11.7. The third kappa shape index (κ3) is 5.75. The summed E-state index contributed by atoms with van der Waals surface area (Å²) >= 11 is 0. The van der Waals surface area contributed by atoms with E-state index in [1.54, 1.807) is 0 Å². The number of benzene rings is 1. The molecule has 0 aliphatic heterocycles. The zero-order valence-electron chi connectivity index (χ0n) is 11.9. The molecule has 0 saturated heterocycles. The minimum Gasteiger partial charge on any atom is -0.483 e. The van der Waals surface area contributed by atoms with Crippen LogP contribution < -0.4 is 10.1 Å². The molecule has 0 aliphatic rings. The molecule has 0 spiro atoms. The average molecular weight is 265 g/mol. The second-order valence-corrected chi connectivity index (χ2v) is 4.89. The molecule has 1 aromatic carbocycles. The van der Waals surface area contributed by atoms with Gasteiger partial charge in [0, 0.05) is 12.6 Å². The Bertz CT molecular complexity index is 418. The monoisotopic (exact) mass is 265 g/mol. The number of carbonyl (C=O) groups excluding carboxylic acids is 1. The largest absolute Gasteiger partial charge is 0.483 e. The van der Waals surface area contributed by atoms with Crippen LogP contribution in [0.15, 0.2) is 18.2 Å². The van der Waals surface area contributed by atoms with Crippen molar-refractivity contribution in [3.8, 4) is 5.75 Å². The standard InChI is InChI=1S/C15H23NO3/c1-11-6-7-12(2)14(9-11)19-10-15(18)16-13(3)5-4-8-17/h6-7,9,13,17H,4-5,8,10H2,1-3H3,(H,16,18). The van der Waals surface area contributed by atoms with Crippen LogP contribution in [0.4, 0.5) is 0 Å². The van der Waals surface area contributed by atoms with Crippen LogP contribution in [0.5, 0.6) is 5.75 Å². The van der Waals surface area contributed by atoms with Crippen molar-refractivity contribution in [2.24, 2.45) is 0 Å². The number of nitrogens with one attached hydrogen (secondary N) is 1. The van der Waals surface area contributed by atoms with Crippen LogP contribution in [-0.4, -0.2) is 30.3 Å². The Hall–Kier alpha value is -1.55. The van der Waals surface area contributed by atoms with Crippen LogP contribution in [0.25, 0.3) is 0 Å². The molecule has 0 bridgehead atoms. The quantitative estimate of drug-likeness (QED) is 0.792. The first-order valence-electron chi connectivity index (χ1n) is 6.63. The molecule has 0 heterocycles. The van der Waals surface area contributed by atoms with E-state index in [1.165, 1.54) is 0 Å². The van der Waals surface area contributed by atoms with Crippen molar-refractivity contribution in [1.29, 1.82) is 0 Å². The minimum absolute atomic E-state index is 0.0216. The number of aryl methyl sites for hydroxylation is 2. The van der Waals surface area contributed by atoms with Crippen molar-refractivity contribution >= 4 is 5.91 Å². The van der Waals surface area contributed by atoms with Gasteiger partial charge in [0.15, 0.2) is 6.61 Å². The Morgan fingerprint density at radius 1 is 1.42 bits per heavy atom. The first-order valence-corrected chi connectivity index (χ1v) is 6.63. The van der Waals surface area contributed by atoms with Crippen molar-refractivity contribution in [3.05, 3.63) is 29.3 Å². The lowest BCUT2D eigenvalue weighted by Gasteiger charge is -2.14. The summed E-state index contributed by atoms with van der Waals surface area (Å²) in [6, 6.07) is 5.98. The Morgan fingerprint density at radius 2 is 2.16 bits per heavy atom. The summed E-state index contributed by atoms with van der Waals surface area (Å²) in [5.74, 6) is 0.615. The normalized spacial score (nSPS) is 12.0. The van der Waals surface area contributed by atoms with E-state index in [0.717, 1.165) is 23.3 Å². The van der Waals surface area contributed by atoms with Gasteiger partial charge in [0.05, 0.1) is 0 Å². The van der Waals surface area contributed by atoms with Crippen LogP contribution in [0.3, 0.4) is 0 Å². The van der Waals surface area contributed by atoms with Gasteiger partial charge < -0.3 is 15.2 Å². The number of hydrogen-bond acceptors (Lipinski definition) is 3. The van der Waals surface area contributed by atoms with E-state index in [1.807, 2.05) is 39.0 Å². The van der Waals surface area contributed by atoms with E-state index in [4.69, 9.17) is 9.84 Å². The Morgan fingerprint density at radius 3 is 2.84 bits per heavy atom. The van der Waals surface area contributed by atoms with Gasteiger partial charge in [-0.15, -0.1) is 0 Å². The number of amides is 1. The molecule has 0 fully saturated rings. The smallest absolute Gasteiger partial charge is 0.258 e. The summed E-state index contributed by atoms with van der Waals surface area (Å²) in [5.41, 5.74) is 2.13. The molecule has 4 heteroatoms. The van der Waals surface area contributed by atoms with Gasteiger partial charge in [-0.1, -0.05) is 12.1 Å². The summed E-state index contributed by atoms with van der Waals surface area (Å²) in [7, 11) is 0. The van der Waals surface area contributed by atoms with E-state index >= 15 is 0 Å². The van der Waals surface area contributed by atoms with Gasteiger partial charge in [-0.05, 0) is 50.8 Å². The van der Waals surface area contributed by atoms with Gasteiger partial charge >= 0.3 is 0 Å². The van der Waals surface area contributed by atoms with Crippen LogP contribution in [0.2, 0.25) is 0 Å². The third-order valence-electron chi connectivity index (χ3n) is 2.91. The minimum atomic E-state index is -0.133. The zero-order valence-corrected chi connectivity index (χ0v) is 11.9. The summed E-state index contributed by atoms with van der Waals surface area (Å²) in [4.78, 5) is 11.7. The lowest BCUT2D eigenvalue weighted by Crippen LogP contribution is -2.36. The highest BCUT2D eigenvalue weighted by atomic mass is 16.5. The molecule has 0 radical (unpaired) electrons. The molecule has 4 nitrogen and oxygen atoms in total. The highest BCUT2D eigenvalue weighted by molar-refractivity contribution is 5.77. The van der Waals surface area contributed by atoms with Crippen molar-refractivity contribution < 1.29 is 14.6 Å². The molecule has 1 atom stereocenters. The second kappa shape index (κ2) is 7.79. The molecule has 1 amide bonds. The van der Waals surface area contributed by atoms with Crippen molar-refractivity contribution in [3.63, 3.8) is 0 Å². The fourth-order valence-corrected chi connectivity index (χ4v) is 1.79. The van der Waals surface area contributed by atoms with Gasteiger partial charge in [0.2, 0.25) is 0 Å². The maximum atomic E-state index is 11.7. The fourth-order valence-electron chi connectivity index (χ4n) is 1.79. The second-order valence-electron chi connectivity index (χ2n) is 4.89. The van der Waals surface area contributed by atoms with Crippen LogP contribution in [0.1, 0.15) is 30.9 Å². The highest BCUT2D eigenvalue weighted by Crippen LogP contribution is 2.18. The van der Waals surface area contributed by atoms with Gasteiger partial charge in [0.25, 0.3) is 5.91 Å². The summed E-state index contributed by atoms with van der Waals surface area (Å²) in [6.45, 7) is 6.04. The van der Waals surface area contributed by atoms with E-state index in [9.17, 15) is 4.79 Å². The molecular weight excluding hydrogens is 242 g/mol. The third-order valence-corrected chi connectivity index (χ3v) is 2.91. The fraction of sp³-hybridized carbons (Fsp3) is 0.533. The molecule has 19 heavy (non-hydrogen) atoms. The summed E-state index contributed by atoms with van der Waals surface area (Å²) in [6.07, 6.45) is 1.46. The SMILES string of the molecule is Cc1ccc(C)c(OCC(=O)NC(C)CCCO)c1. The lowest BCUT2D eigenvalue weighted by molar-refractivity contribution is -0.123. The van der Waals surface area contributed by atoms with Gasteiger partial charge in [0.1, 0.15) is 5.75 Å². The molecule has 1 unspecified atom stereocenters. The van der Waals surface area contributed by atoms with Crippen molar-refractivity contribution in [1.82, 2.24) is 5.32 Å². The average Bonchev–Trinajstić information content (AvgIpc) is 2.37. The topological polar surface area (TPSA) is 58.6 Å². The molecule has 106 valence electrons. The predicted molar refractivity (Wildman–Crippen MR) is 75.3 cm³/mol. The number of rotatable bonds is 7. The number of aliphatic hydroxyl groups excluding tert-OH is 1. The summed E-state index contributed by atoms with van der Waals surface area (Å²) < 4.78 is 5.52. The lowest BCUT2D eigenvalue weighted by atomic mass is 10.1. The van der Waals surface area contributed by atoms with Crippen molar-refractivity contribution in [2.45, 2.75) is 39.7 Å². The first-order chi connectivity index (χ1) is 9.02. The summed E-state index contributed by atoms with van der Waals surface area (Å²) in [5, 5.41) is 11.6. The zero-order chi connectivity index (χ0) is 14.3. The Kier molecular flexibility index (Phi) is 6.36. The molecular formula is C15H23NO3. The van der Waals surface area contributed by atoms with Crippen LogP contribution >= 0.6 is 0 Å². The molecule has 0 saturated carbocycles. The number of aliphatic hydroxyl groups is 1. The molecule has 0 aromatic heterocycles. The van der Waals surface area contributed by atoms with Crippen LogP contribution in [0, 0.1) is 13.8 Å². The number of ether oxygens (including phenoxy) is 1. The van der Waals surface area contributed by atoms with Gasteiger partial charge in [-0.3, -0.25) is 4.79 Å². The van der Waals surface area contributed by atoms with Crippen molar-refractivity contribution in [2.75, 3.05) is 13.2 Å². The number of hydrogen-bond donors (Lipinski definition) is 2.